The van der Waals surface area contributed by atoms with Gasteiger partial charge in [-0.2, -0.15) is 0 Å². The lowest BCUT2D eigenvalue weighted by atomic mass is 10.0. The molecule has 1 saturated carbocycles. The van der Waals surface area contributed by atoms with E-state index in [0.717, 1.165) is 42.3 Å². The maximum absolute atomic E-state index is 5.18. The zero-order valence-electron chi connectivity index (χ0n) is 18.1. The predicted molar refractivity (Wildman–Crippen MR) is 127 cm³/mol. The molecule has 6 heteroatoms. The third kappa shape index (κ3) is 3.24. The van der Waals surface area contributed by atoms with E-state index in [1.807, 2.05) is 18.1 Å². The van der Waals surface area contributed by atoms with E-state index in [0.29, 0.717) is 12.0 Å². The number of hydrogen-bond donors (Lipinski definition) is 0. The van der Waals surface area contributed by atoms with E-state index in [4.69, 9.17) is 15.0 Å². The molecule has 1 aliphatic carbocycles. The van der Waals surface area contributed by atoms with Crippen LogP contribution in [-0.2, 0) is 0 Å². The lowest BCUT2D eigenvalue weighted by molar-refractivity contribution is 0.518. The van der Waals surface area contributed by atoms with Crippen LogP contribution >= 0.6 is 11.9 Å². The monoisotopic (exact) mass is 429 g/mol. The Bertz CT molecular complexity index is 1180. The molecule has 158 valence electrons. The summed E-state index contributed by atoms with van der Waals surface area (Å²) in [4.78, 5) is 14.8. The second-order valence-corrected chi connectivity index (χ2v) is 9.73. The first-order chi connectivity index (χ1) is 15.2. The fourth-order valence-electron chi connectivity index (χ4n) is 5.47. The molecule has 2 aliphatic heterocycles. The number of fused-ring (bicyclic) bond motifs is 5. The van der Waals surface area contributed by atoms with Gasteiger partial charge in [-0.3, -0.25) is 9.97 Å². The van der Waals surface area contributed by atoms with Crippen molar-refractivity contribution in [3.63, 3.8) is 0 Å². The van der Waals surface area contributed by atoms with Crippen molar-refractivity contribution in [3.05, 3.63) is 59.8 Å². The first-order valence-electron chi connectivity index (χ1n) is 11.2. The minimum atomic E-state index is 0.571. The molecule has 2 atom stereocenters. The molecule has 3 aromatic rings. The van der Waals surface area contributed by atoms with Crippen LogP contribution in [0.15, 0.2) is 42.6 Å². The Kier molecular flexibility index (Phi) is 4.73. The quantitative estimate of drug-likeness (QED) is 0.512. The highest BCUT2D eigenvalue weighted by atomic mass is 32.2. The summed E-state index contributed by atoms with van der Waals surface area (Å²) in [6, 6.07) is 11.2. The van der Waals surface area contributed by atoms with Crippen LogP contribution in [0, 0.1) is 6.92 Å². The molecular weight excluding hydrogens is 402 g/mol. The van der Waals surface area contributed by atoms with E-state index >= 15 is 0 Å². The van der Waals surface area contributed by atoms with Crippen molar-refractivity contribution in [2.24, 2.45) is 0 Å². The van der Waals surface area contributed by atoms with E-state index in [-0.39, 0.29) is 0 Å². The van der Waals surface area contributed by atoms with Gasteiger partial charge in [0, 0.05) is 42.5 Å². The van der Waals surface area contributed by atoms with Gasteiger partial charge >= 0.3 is 0 Å². The van der Waals surface area contributed by atoms with E-state index in [9.17, 15) is 0 Å². The summed E-state index contributed by atoms with van der Waals surface area (Å²) < 4.78 is 4.91. The first kappa shape index (κ1) is 19.3. The third-order valence-corrected chi connectivity index (χ3v) is 7.85. The van der Waals surface area contributed by atoms with Crippen LogP contribution < -0.4 is 0 Å². The summed E-state index contributed by atoms with van der Waals surface area (Å²) in [7, 11) is 0. The molecule has 0 spiro atoms. The summed E-state index contributed by atoms with van der Waals surface area (Å²) in [6.45, 7) is 4.10. The van der Waals surface area contributed by atoms with Crippen LogP contribution in [0.25, 0.3) is 28.2 Å². The summed E-state index contributed by atoms with van der Waals surface area (Å²) in [6.07, 6.45) is 11.2. The van der Waals surface area contributed by atoms with Gasteiger partial charge < -0.3 is 4.57 Å². The van der Waals surface area contributed by atoms with Crippen LogP contribution in [0.3, 0.4) is 0 Å². The minimum absolute atomic E-state index is 0.571. The van der Waals surface area contributed by atoms with Crippen molar-refractivity contribution in [2.75, 3.05) is 19.3 Å². The predicted octanol–water partition coefficient (Wildman–Crippen LogP) is 5.50. The molecule has 5 nitrogen and oxygen atoms in total. The Hall–Kier alpha value is -2.44. The molecule has 2 bridgehead atoms. The number of imidazole rings is 1. The van der Waals surface area contributed by atoms with Gasteiger partial charge in [0.15, 0.2) is 0 Å². The zero-order valence-corrected chi connectivity index (χ0v) is 18.9. The summed E-state index contributed by atoms with van der Waals surface area (Å²) in [5, 5.41) is 0. The van der Waals surface area contributed by atoms with Crippen LogP contribution in [0.5, 0.6) is 0 Å². The first-order valence-corrected chi connectivity index (χ1v) is 12.4. The molecule has 2 unspecified atom stereocenters. The summed E-state index contributed by atoms with van der Waals surface area (Å²) in [5.41, 5.74) is 7.92. The smallest absolute Gasteiger partial charge is 0.115 e. The topological polar surface area (TPSA) is 46.8 Å². The highest BCUT2D eigenvalue weighted by molar-refractivity contribution is 7.96. The van der Waals surface area contributed by atoms with E-state index < -0.39 is 0 Å². The van der Waals surface area contributed by atoms with E-state index in [1.165, 1.54) is 41.9 Å². The molecule has 0 amide bonds. The highest BCUT2D eigenvalue weighted by Crippen LogP contribution is 2.52. The normalized spacial score (nSPS) is 22.6. The van der Waals surface area contributed by atoms with E-state index in [2.05, 4.69) is 58.5 Å². The van der Waals surface area contributed by atoms with Crippen molar-refractivity contribution in [1.82, 2.24) is 23.8 Å². The van der Waals surface area contributed by atoms with Crippen LogP contribution in [-0.4, -0.2) is 43.2 Å². The maximum atomic E-state index is 5.18. The number of aromatic nitrogens is 4. The largest absolute Gasteiger partial charge is 0.324 e. The second kappa shape index (κ2) is 7.61. The van der Waals surface area contributed by atoms with Crippen molar-refractivity contribution in [1.29, 1.82) is 0 Å². The Morgan fingerprint density at radius 3 is 2.84 bits per heavy atom. The van der Waals surface area contributed by atoms with Crippen LogP contribution in [0.1, 0.15) is 54.9 Å². The molecule has 1 fully saturated rings. The van der Waals surface area contributed by atoms with Crippen molar-refractivity contribution in [3.8, 4) is 22.6 Å². The van der Waals surface area contributed by atoms with Gasteiger partial charge in [-0.05, 0) is 68.7 Å². The number of aryl methyl sites for hydroxylation is 1. The molecule has 0 aromatic carbocycles. The second-order valence-electron chi connectivity index (χ2n) is 8.84. The number of pyridine rings is 2. The third-order valence-electron chi connectivity index (χ3n) is 7.00. The molecule has 3 aliphatic rings. The molecule has 31 heavy (non-hydrogen) atoms. The Morgan fingerprint density at radius 2 is 2.03 bits per heavy atom. The van der Waals surface area contributed by atoms with Crippen LogP contribution in [0.2, 0.25) is 0 Å². The molecule has 0 N–H and O–H groups in total. The standard InChI is InChI=1S/C25H27N5S/c1-16-4-3-5-21(27-16)23-24(30-20-7-6-19(14-20)25(30)28-23)18-8-11-26-22(15-18)17-9-12-29(31-2)13-10-17/h3-5,8-9,11,15,19-20H,6-7,10,12-14H2,1-2H3. The molecule has 6 rings (SSSR count). The number of hydrogen-bond acceptors (Lipinski definition) is 5. The lowest BCUT2D eigenvalue weighted by Gasteiger charge is -2.23. The molecule has 0 saturated heterocycles. The lowest BCUT2D eigenvalue weighted by Crippen LogP contribution is -2.21. The fraction of sp³-hybridized carbons (Fsp3) is 0.400. The zero-order chi connectivity index (χ0) is 20.9. The Balaban J connectivity index is 1.48. The van der Waals surface area contributed by atoms with Gasteiger partial charge in [-0.25, -0.2) is 9.29 Å². The average Bonchev–Trinajstić information content (AvgIpc) is 3.52. The van der Waals surface area contributed by atoms with Gasteiger partial charge in [0.05, 0.1) is 17.1 Å². The van der Waals surface area contributed by atoms with Gasteiger partial charge in [-0.15, -0.1) is 0 Å². The minimum Gasteiger partial charge on any atom is -0.324 e. The number of rotatable bonds is 4. The van der Waals surface area contributed by atoms with Crippen molar-refractivity contribution in [2.45, 2.75) is 44.6 Å². The summed E-state index contributed by atoms with van der Waals surface area (Å²) in [5.74, 6) is 1.86. The molecule has 3 aromatic heterocycles. The van der Waals surface area contributed by atoms with Gasteiger partial charge in [-0.1, -0.05) is 24.1 Å². The van der Waals surface area contributed by atoms with Crippen LogP contribution in [0.4, 0.5) is 0 Å². The fourth-order valence-corrected chi connectivity index (χ4v) is 5.96. The molecular formula is C25H27N5S. The Morgan fingerprint density at radius 1 is 1.10 bits per heavy atom. The summed E-state index contributed by atoms with van der Waals surface area (Å²) >= 11 is 1.81. The van der Waals surface area contributed by atoms with E-state index in [1.54, 1.807) is 0 Å². The maximum Gasteiger partial charge on any atom is 0.115 e. The molecule has 5 heterocycles. The van der Waals surface area contributed by atoms with Crippen molar-refractivity contribution >= 4 is 17.5 Å². The molecule has 0 radical (unpaired) electrons. The van der Waals surface area contributed by atoms with Gasteiger partial charge in [0.2, 0.25) is 0 Å². The Labute approximate surface area is 187 Å². The van der Waals surface area contributed by atoms with Gasteiger partial charge in [0.1, 0.15) is 11.5 Å². The van der Waals surface area contributed by atoms with Gasteiger partial charge in [0.25, 0.3) is 0 Å². The average molecular weight is 430 g/mol. The van der Waals surface area contributed by atoms with Crippen molar-refractivity contribution < 1.29 is 0 Å². The SMILES string of the molecule is CSN1CC=C(c2cc(-c3c(-c4cccc(C)n4)nc4n3C3CCC4C3)ccn2)CC1. The highest BCUT2D eigenvalue weighted by Gasteiger charge is 2.41. The number of nitrogens with zero attached hydrogens (tertiary/aromatic N) is 5.